The Kier molecular flexibility index (Phi) is 7.53. The molecule has 3 heterocycles. The fourth-order valence-corrected chi connectivity index (χ4v) is 7.05. The van der Waals surface area contributed by atoms with Crippen molar-refractivity contribution in [3.8, 4) is 6.07 Å². The molecule has 7 rings (SSSR count). The lowest BCUT2D eigenvalue weighted by Gasteiger charge is -2.25. The van der Waals surface area contributed by atoms with Crippen molar-refractivity contribution >= 4 is 39.9 Å². The Morgan fingerprint density at radius 1 is 0.957 bits per heavy atom. The molecule has 7 nitrogen and oxygen atoms in total. The number of allylic oxidation sites excluding steroid dienone is 1. The van der Waals surface area contributed by atoms with Crippen molar-refractivity contribution in [2.75, 3.05) is 5.32 Å². The molecular weight excluding hydrogens is 591 g/mol. The monoisotopic (exact) mass is 619 g/mol. The van der Waals surface area contributed by atoms with E-state index in [4.69, 9.17) is 4.99 Å². The van der Waals surface area contributed by atoms with Crippen molar-refractivity contribution in [1.29, 1.82) is 5.26 Å². The average molecular weight is 620 g/mol. The van der Waals surface area contributed by atoms with Crippen LogP contribution in [0.5, 0.6) is 0 Å². The van der Waals surface area contributed by atoms with Crippen LogP contribution in [-0.4, -0.2) is 15.0 Å². The Morgan fingerprint density at radius 2 is 1.67 bits per heavy atom. The minimum atomic E-state index is -0.647. The fraction of sp³-hybridized carbons (Fsp3) is 0.105. The maximum absolute atomic E-state index is 14.3. The summed E-state index contributed by atoms with van der Waals surface area (Å²) in [5.41, 5.74) is 6.82. The summed E-state index contributed by atoms with van der Waals surface area (Å²) < 4.78 is 4.28. The molecule has 46 heavy (non-hydrogen) atoms. The lowest BCUT2D eigenvalue weighted by atomic mass is 9.94. The van der Waals surface area contributed by atoms with E-state index in [1.165, 1.54) is 11.3 Å². The second-order valence-electron chi connectivity index (χ2n) is 11.3. The average Bonchev–Trinajstić information content (AvgIpc) is 3.57. The van der Waals surface area contributed by atoms with Crippen molar-refractivity contribution in [3.05, 3.63) is 168 Å². The van der Waals surface area contributed by atoms with Crippen LogP contribution in [0.1, 0.15) is 40.8 Å². The quantitative estimate of drug-likeness (QED) is 0.246. The maximum Gasteiger partial charge on any atom is 0.271 e. The number of aromatic nitrogens is 2. The molecule has 224 valence electrons. The van der Waals surface area contributed by atoms with Gasteiger partial charge in [-0.2, -0.15) is 5.26 Å². The van der Waals surface area contributed by atoms with Gasteiger partial charge < -0.3 is 9.88 Å². The molecule has 0 spiro atoms. The van der Waals surface area contributed by atoms with Crippen LogP contribution in [-0.2, 0) is 11.3 Å². The first kappa shape index (κ1) is 29.0. The molecule has 1 N–H and O–H groups in total. The fourth-order valence-electron chi connectivity index (χ4n) is 6.01. The number of benzene rings is 4. The second kappa shape index (κ2) is 12.0. The summed E-state index contributed by atoms with van der Waals surface area (Å²) in [6, 6.07) is 34.5. The van der Waals surface area contributed by atoms with Gasteiger partial charge in [0.2, 0.25) is 0 Å². The van der Waals surface area contributed by atoms with Crippen LogP contribution in [0.25, 0.3) is 17.0 Å². The van der Waals surface area contributed by atoms with Crippen LogP contribution in [0.2, 0.25) is 0 Å². The van der Waals surface area contributed by atoms with Gasteiger partial charge in [-0.25, -0.2) is 4.99 Å². The minimum Gasteiger partial charge on any atom is -0.342 e. The van der Waals surface area contributed by atoms with Gasteiger partial charge in [0.25, 0.3) is 11.5 Å². The number of carbonyl (C=O) groups is 1. The summed E-state index contributed by atoms with van der Waals surface area (Å²) >= 11 is 1.32. The van der Waals surface area contributed by atoms with Crippen LogP contribution >= 0.6 is 11.3 Å². The van der Waals surface area contributed by atoms with E-state index in [1.54, 1.807) is 4.57 Å². The highest BCUT2D eigenvalue weighted by Gasteiger charge is 2.32. The predicted octanol–water partition coefficient (Wildman–Crippen LogP) is 6.06. The number of nitriles is 1. The maximum atomic E-state index is 14.3. The van der Waals surface area contributed by atoms with Crippen molar-refractivity contribution in [2.24, 2.45) is 4.99 Å². The number of thiazole rings is 1. The van der Waals surface area contributed by atoms with Gasteiger partial charge in [-0.05, 0) is 55.3 Å². The highest BCUT2D eigenvalue weighted by atomic mass is 32.1. The van der Waals surface area contributed by atoms with Crippen molar-refractivity contribution in [1.82, 2.24) is 9.13 Å². The van der Waals surface area contributed by atoms with Gasteiger partial charge in [-0.1, -0.05) is 95.8 Å². The van der Waals surface area contributed by atoms with Crippen LogP contribution in [0.3, 0.4) is 0 Å². The summed E-state index contributed by atoms with van der Waals surface area (Å²) in [7, 11) is 0. The SMILES string of the molecule is CC1=C(C(=O)Nc2ccccc2)[C@H](c2ccc(C)cc2)n2c(s/c(=C/c3cn(Cc4ccccc4C#N)c4ccccc34)c2=O)=N1. The number of anilines is 1. The van der Waals surface area contributed by atoms with Gasteiger partial charge >= 0.3 is 0 Å². The van der Waals surface area contributed by atoms with Crippen LogP contribution in [0.15, 0.2) is 130 Å². The predicted molar refractivity (Wildman–Crippen MR) is 182 cm³/mol. The number of para-hydroxylation sites is 2. The molecule has 0 fully saturated rings. The summed E-state index contributed by atoms with van der Waals surface area (Å²) in [4.78, 5) is 33.5. The van der Waals surface area contributed by atoms with Crippen LogP contribution < -0.4 is 20.2 Å². The zero-order valence-electron chi connectivity index (χ0n) is 25.3. The third-order valence-corrected chi connectivity index (χ3v) is 9.26. The molecule has 0 unspecified atom stereocenters. The number of carbonyl (C=O) groups excluding carboxylic acids is 1. The summed E-state index contributed by atoms with van der Waals surface area (Å²) in [5.74, 6) is -0.298. The number of nitrogens with one attached hydrogen (secondary N) is 1. The molecule has 0 saturated carbocycles. The molecule has 1 amide bonds. The van der Waals surface area contributed by atoms with E-state index in [9.17, 15) is 14.9 Å². The largest absolute Gasteiger partial charge is 0.342 e. The zero-order chi connectivity index (χ0) is 31.8. The summed E-state index contributed by atoms with van der Waals surface area (Å²) in [6.45, 7) is 4.35. The van der Waals surface area contributed by atoms with Crippen LogP contribution in [0, 0.1) is 18.3 Å². The molecule has 0 radical (unpaired) electrons. The summed E-state index contributed by atoms with van der Waals surface area (Å²) in [5, 5.41) is 13.6. The van der Waals surface area contributed by atoms with Crippen LogP contribution in [0.4, 0.5) is 5.69 Å². The molecule has 1 aliphatic rings. The first-order valence-corrected chi connectivity index (χ1v) is 15.7. The standard InChI is InChI=1S/C38H29N5O2S/c1-24-16-18-26(19-17-24)35-34(36(44)41-30-12-4-3-5-13-30)25(2)40-38-43(35)37(45)33(46-38)20-29-23-42(32-15-9-8-14-31(29)32)22-28-11-7-6-10-27(28)21-39/h3-20,23,35H,22H2,1-2H3,(H,41,44)/b33-20+/t35-/m0/s1. The van der Waals surface area contributed by atoms with E-state index in [1.807, 2.05) is 129 Å². The van der Waals surface area contributed by atoms with Gasteiger partial charge in [0.15, 0.2) is 4.80 Å². The number of fused-ring (bicyclic) bond motifs is 2. The first-order chi connectivity index (χ1) is 22.4. The minimum absolute atomic E-state index is 0.210. The number of aryl methyl sites for hydroxylation is 1. The van der Waals surface area contributed by atoms with Gasteiger partial charge in [0.05, 0.1) is 33.5 Å². The van der Waals surface area contributed by atoms with Gasteiger partial charge in [-0.15, -0.1) is 0 Å². The number of nitrogens with zero attached hydrogens (tertiary/aromatic N) is 4. The molecule has 0 bridgehead atoms. The molecular formula is C38H29N5O2S. The Bertz CT molecular complexity index is 2390. The van der Waals surface area contributed by atoms with E-state index in [0.717, 1.165) is 33.2 Å². The molecule has 1 aliphatic heterocycles. The summed E-state index contributed by atoms with van der Waals surface area (Å²) in [6.07, 6.45) is 3.94. The number of hydrogen-bond acceptors (Lipinski definition) is 5. The van der Waals surface area contributed by atoms with Crippen molar-refractivity contribution in [3.63, 3.8) is 0 Å². The molecule has 0 aliphatic carbocycles. The Balaban J connectivity index is 1.36. The lowest BCUT2D eigenvalue weighted by molar-refractivity contribution is -0.113. The Hall–Kier alpha value is -5.78. The van der Waals surface area contributed by atoms with Gasteiger partial charge in [-0.3, -0.25) is 14.2 Å². The van der Waals surface area contributed by atoms with E-state index >= 15 is 0 Å². The number of hydrogen-bond donors (Lipinski definition) is 1. The number of amides is 1. The Labute approximate surface area is 269 Å². The lowest BCUT2D eigenvalue weighted by Crippen LogP contribution is -2.40. The highest BCUT2D eigenvalue weighted by molar-refractivity contribution is 7.07. The van der Waals surface area contributed by atoms with Gasteiger partial charge in [0.1, 0.15) is 0 Å². The smallest absolute Gasteiger partial charge is 0.271 e. The normalized spacial score (nSPS) is 14.5. The van der Waals surface area contributed by atoms with E-state index in [2.05, 4.69) is 16.0 Å². The van der Waals surface area contributed by atoms with Gasteiger partial charge in [0, 0.05) is 34.9 Å². The number of rotatable bonds is 6. The molecule has 8 heteroatoms. The molecule has 0 saturated heterocycles. The molecule has 6 aromatic rings. The van der Waals surface area contributed by atoms with Crippen molar-refractivity contribution in [2.45, 2.75) is 26.4 Å². The Morgan fingerprint density at radius 3 is 2.46 bits per heavy atom. The topological polar surface area (TPSA) is 92.2 Å². The second-order valence-corrected chi connectivity index (χ2v) is 12.3. The zero-order valence-corrected chi connectivity index (χ0v) is 26.1. The first-order valence-electron chi connectivity index (χ1n) is 14.9. The molecule has 1 atom stereocenters. The highest BCUT2D eigenvalue weighted by Crippen LogP contribution is 2.31. The van der Waals surface area contributed by atoms with E-state index in [0.29, 0.717) is 38.4 Å². The third-order valence-electron chi connectivity index (χ3n) is 8.28. The van der Waals surface area contributed by atoms with E-state index < -0.39 is 6.04 Å². The van der Waals surface area contributed by atoms with E-state index in [-0.39, 0.29) is 11.5 Å². The molecule has 2 aromatic heterocycles. The molecule has 4 aromatic carbocycles. The van der Waals surface area contributed by atoms with Crippen molar-refractivity contribution < 1.29 is 4.79 Å². The third kappa shape index (κ3) is 5.27.